The van der Waals surface area contributed by atoms with Gasteiger partial charge in [0.2, 0.25) is 0 Å². The monoisotopic (exact) mass is 454 g/mol. The molecule has 3 aromatic rings. The van der Waals surface area contributed by atoms with Gasteiger partial charge in [0, 0.05) is 10.8 Å². The van der Waals surface area contributed by atoms with E-state index < -0.39 is 8.32 Å². The lowest BCUT2D eigenvalue weighted by Crippen LogP contribution is -2.64. The van der Waals surface area contributed by atoms with E-state index in [1.54, 1.807) is 0 Å². The van der Waals surface area contributed by atoms with E-state index in [2.05, 4.69) is 118 Å². The molecular formula is C31H38OSi. The number of aryl methyl sites for hydroxylation is 6. The van der Waals surface area contributed by atoms with Crippen LogP contribution in [0.1, 0.15) is 72.2 Å². The molecule has 0 radical (unpaired) electrons. The summed E-state index contributed by atoms with van der Waals surface area (Å²) in [6, 6.07) is 18.6. The number of hydrogen-bond donors (Lipinski definition) is 0. The first kappa shape index (κ1) is 22.6. The zero-order chi connectivity index (χ0) is 24.1. The molecule has 0 unspecified atom stereocenters. The molecule has 1 spiro atoms. The number of rotatable bonds is 2. The molecule has 5 rings (SSSR count). The highest BCUT2D eigenvalue weighted by Gasteiger charge is 2.88. The minimum absolute atomic E-state index is 0.0904. The summed E-state index contributed by atoms with van der Waals surface area (Å²) in [4.78, 5) is 0. The molecule has 2 aliphatic rings. The Morgan fingerprint density at radius 3 is 1.24 bits per heavy atom. The van der Waals surface area contributed by atoms with Gasteiger partial charge in [-0.05, 0) is 85.3 Å². The predicted octanol–water partition coefficient (Wildman–Crippen LogP) is 6.17. The topological polar surface area (TPSA) is 12.5 Å². The maximum absolute atomic E-state index is 7.58. The zero-order valence-corrected chi connectivity index (χ0v) is 23.0. The molecule has 0 N–H and O–H groups in total. The van der Waals surface area contributed by atoms with E-state index >= 15 is 0 Å². The van der Waals surface area contributed by atoms with Crippen LogP contribution in [0, 0.1) is 41.5 Å². The minimum Gasteiger partial charge on any atom is -0.397 e. The van der Waals surface area contributed by atoms with Gasteiger partial charge in [0.1, 0.15) is 5.22 Å². The van der Waals surface area contributed by atoms with Crippen LogP contribution in [0.5, 0.6) is 0 Å². The molecule has 1 fully saturated rings. The van der Waals surface area contributed by atoms with Crippen LogP contribution in [0.25, 0.3) is 0 Å². The van der Waals surface area contributed by atoms with Crippen molar-refractivity contribution < 1.29 is 4.43 Å². The van der Waals surface area contributed by atoms with Gasteiger partial charge in [-0.1, -0.05) is 87.4 Å². The minimum atomic E-state index is -2.62. The Bertz CT molecular complexity index is 1170. The third-order valence-corrected chi connectivity index (χ3v) is 14.6. The summed E-state index contributed by atoms with van der Waals surface area (Å²) >= 11 is 0. The average Bonchev–Trinajstić information content (AvgIpc) is 3.36. The van der Waals surface area contributed by atoms with Crippen molar-refractivity contribution in [3.63, 3.8) is 0 Å². The van der Waals surface area contributed by atoms with Crippen LogP contribution in [0.2, 0.25) is 0 Å². The van der Waals surface area contributed by atoms with Crippen molar-refractivity contribution in [1.29, 1.82) is 0 Å². The van der Waals surface area contributed by atoms with E-state index in [9.17, 15) is 0 Å². The predicted molar refractivity (Wildman–Crippen MR) is 143 cm³/mol. The number of fused-ring (bicyclic) bond motifs is 1. The molecule has 1 saturated heterocycles. The molecule has 0 amide bonds. The number of hydrogen-bond acceptors (Lipinski definition) is 1. The van der Waals surface area contributed by atoms with Crippen LogP contribution in [0.4, 0.5) is 0 Å². The first-order chi connectivity index (χ1) is 15.3. The summed E-state index contributed by atoms with van der Waals surface area (Å²) in [5.74, 6) is 0. The van der Waals surface area contributed by atoms with Crippen molar-refractivity contribution in [1.82, 2.24) is 0 Å². The molecule has 33 heavy (non-hydrogen) atoms. The van der Waals surface area contributed by atoms with Crippen molar-refractivity contribution >= 4 is 18.7 Å². The smallest absolute Gasteiger partial charge is 0.289 e. The van der Waals surface area contributed by atoms with Crippen molar-refractivity contribution in [2.45, 2.75) is 85.3 Å². The van der Waals surface area contributed by atoms with Crippen LogP contribution in [0.15, 0.2) is 48.5 Å². The van der Waals surface area contributed by atoms with E-state index in [0.29, 0.717) is 0 Å². The van der Waals surface area contributed by atoms with Gasteiger partial charge >= 0.3 is 0 Å². The normalized spacial score (nSPS) is 20.7. The summed E-state index contributed by atoms with van der Waals surface area (Å²) in [7, 11) is -2.62. The van der Waals surface area contributed by atoms with Gasteiger partial charge in [-0.25, -0.2) is 0 Å². The van der Waals surface area contributed by atoms with Gasteiger partial charge in [-0.2, -0.15) is 0 Å². The molecule has 172 valence electrons. The Balaban J connectivity index is 1.94. The van der Waals surface area contributed by atoms with Gasteiger partial charge in [0.15, 0.2) is 0 Å². The molecule has 2 heteroatoms. The Labute approximate surface area is 201 Å². The maximum Gasteiger partial charge on any atom is 0.289 e. The van der Waals surface area contributed by atoms with E-state index in [4.69, 9.17) is 4.43 Å². The molecule has 1 heterocycles. The third kappa shape index (κ3) is 2.52. The highest BCUT2D eigenvalue weighted by atomic mass is 28.4. The summed E-state index contributed by atoms with van der Waals surface area (Å²) in [5, 5.41) is 2.75. The Morgan fingerprint density at radius 2 is 0.909 bits per heavy atom. The Kier molecular flexibility index (Phi) is 4.60. The SMILES string of the molecule is Cc1cc(C)c([Si]2(c3c(C)cc(C)cc3C)OC23C(C)(C)c2ccccc2C3(C)C)c(C)c1. The maximum atomic E-state index is 7.58. The van der Waals surface area contributed by atoms with Gasteiger partial charge in [0.25, 0.3) is 8.32 Å². The highest BCUT2D eigenvalue weighted by molar-refractivity contribution is 7.07. The standard InChI is InChI=1S/C31H38OSi/c1-19-15-21(3)27(22(4)16-19)33(28-23(5)17-20(2)18-24(28)6)31(32-33)29(7,8)25-13-11-12-14-26(25)30(31,9)10/h11-18H,1-10H3. The molecule has 0 aromatic heterocycles. The Morgan fingerprint density at radius 1 is 0.576 bits per heavy atom. The van der Waals surface area contributed by atoms with E-state index in [1.165, 1.54) is 54.9 Å². The van der Waals surface area contributed by atoms with E-state index in [-0.39, 0.29) is 16.1 Å². The quantitative estimate of drug-likeness (QED) is 0.333. The molecule has 1 aliphatic carbocycles. The summed E-state index contributed by atoms with van der Waals surface area (Å²) in [6.07, 6.45) is 0. The number of benzene rings is 3. The van der Waals surface area contributed by atoms with Gasteiger partial charge in [0.05, 0.1) is 0 Å². The fourth-order valence-corrected chi connectivity index (χ4v) is 15.0. The largest absolute Gasteiger partial charge is 0.397 e. The van der Waals surface area contributed by atoms with Crippen LogP contribution >= 0.6 is 0 Å². The second kappa shape index (κ2) is 6.70. The van der Waals surface area contributed by atoms with Gasteiger partial charge < -0.3 is 4.43 Å². The van der Waals surface area contributed by atoms with Gasteiger partial charge in [-0.3, -0.25) is 0 Å². The van der Waals surface area contributed by atoms with E-state index in [1.807, 2.05) is 0 Å². The van der Waals surface area contributed by atoms with Crippen molar-refractivity contribution in [2.75, 3.05) is 0 Å². The van der Waals surface area contributed by atoms with Crippen LogP contribution in [-0.4, -0.2) is 13.5 Å². The summed E-state index contributed by atoms with van der Waals surface area (Å²) in [5.41, 5.74) is 10.9. The van der Waals surface area contributed by atoms with Crippen molar-refractivity contribution in [3.05, 3.63) is 93.0 Å². The fourth-order valence-electron chi connectivity index (χ4n) is 8.12. The fraction of sp³-hybridized carbons (Fsp3) is 0.419. The Hall–Kier alpha value is -2.16. The second-order valence-electron chi connectivity index (χ2n) is 11.8. The summed E-state index contributed by atoms with van der Waals surface area (Å²) in [6.45, 7) is 23.4. The molecular weight excluding hydrogens is 416 g/mol. The first-order valence-corrected chi connectivity index (χ1v) is 14.2. The lowest BCUT2D eigenvalue weighted by Gasteiger charge is -2.38. The van der Waals surface area contributed by atoms with Crippen LogP contribution in [-0.2, 0) is 15.3 Å². The summed E-state index contributed by atoms with van der Waals surface area (Å²) < 4.78 is 7.58. The third-order valence-electron chi connectivity index (χ3n) is 8.85. The average molecular weight is 455 g/mol. The van der Waals surface area contributed by atoms with Crippen LogP contribution in [0.3, 0.4) is 0 Å². The lowest BCUT2D eigenvalue weighted by molar-refractivity contribution is 0.151. The molecule has 0 atom stereocenters. The molecule has 0 saturated carbocycles. The van der Waals surface area contributed by atoms with Crippen molar-refractivity contribution in [2.24, 2.45) is 0 Å². The zero-order valence-electron chi connectivity index (χ0n) is 22.0. The van der Waals surface area contributed by atoms with Crippen LogP contribution < -0.4 is 10.4 Å². The highest BCUT2D eigenvalue weighted by Crippen LogP contribution is 2.70. The molecule has 0 bridgehead atoms. The van der Waals surface area contributed by atoms with Gasteiger partial charge in [-0.15, -0.1) is 0 Å². The molecule has 1 nitrogen and oxygen atoms in total. The second-order valence-corrected chi connectivity index (χ2v) is 15.1. The van der Waals surface area contributed by atoms with E-state index in [0.717, 1.165) is 0 Å². The first-order valence-electron chi connectivity index (χ1n) is 12.3. The molecule has 1 aliphatic heterocycles. The van der Waals surface area contributed by atoms with Crippen molar-refractivity contribution in [3.8, 4) is 0 Å². The lowest BCUT2D eigenvalue weighted by atomic mass is 9.77. The molecule has 3 aromatic carbocycles.